The minimum atomic E-state index is -0.532. The minimum Gasteiger partial charge on any atom is -0.454 e. The minimum absolute atomic E-state index is 0.177. The highest BCUT2D eigenvalue weighted by Gasteiger charge is 2.35. The molecule has 5 nitrogen and oxygen atoms in total. The lowest BCUT2D eigenvalue weighted by molar-refractivity contribution is -0.0217. The highest BCUT2D eigenvalue weighted by molar-refractivity contribution is 7.10. The highest BCUT2D eigenvalue weighted by Crippen LogP contribution is 2.40. The van der Waals surface area contributed by atoms with E-state index in [1.54, 1.807) is 23.9 Å². The molecule has 3 heterocycles. The number of benzene rings is 1. The molecular weight excluding hydrogens is 362 g/mol. The Morgan fingerprint density at radius 2 is 1.96 bits per heavy atom. The summed E-state index contributed by atoms with van der Waals surface area (Å²) in [6.45, 7) is 6.30. The van der Waals surface area contributed by atoms with E-state index in [-0.39, 0.29) is 12.1 Å². The Balaban J connectivity index is 1.69. The van der Waals surface area contributed by atoms with Crippen LogP contribution in [0.25, 0.3) is 0 Å². The van der Waals surface area contributed by atoms with Crippen LogP contribution in [0.15, 0.2) is 48.2 Å². The molecule has 0 fully saturated rings. The number of carbonyl (C=O) groups is 1. The number of ether oxygens (including phenoxy) is 3. The van der Waals surface area contributed by atoms with Gasteiger partial charge in [0.05, 0.1) is 10.9 Å². The number of fused-ring (bicyclic) bond motifs is 1. The molecule has 0 saturated heterocycles. The molecular formula is C21H23NO4S. The maximum absolute atomic E-state index is 12.9. The lowest BCUT2D eigenvalue weighted by Crippen LogP contribution is -2.43. The number of nitrogens with zero attached hydrogens (tertiary/aromatic N) is 1. The quantitative estimate of drug-likeness (QED) is 0.717. The second kappa shape index (κ2) is 6.93. The fourth-order valence-corrected chi connectivity index (χ4v) is 4.35. The maximum Gasteiger partial charge on any atom is 0.411 e. The number of hydrogen-bond acceptors (Lipinski definition) is 5. The first kappa shape index (κ1) is 17.9. The van der Waals surface area contributed by atoms with Gasteiger partial charge in [-0.05, 0) is 55.3 Å². The second-order valence-corrected chi connectivity index (χ2v) is 8.63. The molecule has 4 rings (SSSR count). The molecule has 2 aromatic rings. The van der Waals surface area contributed by atoms with Crippen molar-refractivity contribution in [2.45, 2.75) is 45.1 Å². The van der Waals surface area contributed by atoms with Crippen molar-refractivity contribution in [2.24, 2.45) is 0 Å². The molecule has 2 aliphatic heterocycles. The third-order valence-corrected chi connectivity index (χ3v) is 5.53. The predicted octanol–water partition coefficient (Wildman–Crippen LogP) is 5.15. The SMILES string of the molecule is CC(C)(C)OC(=O)N1CCc2ccccc2C1c1csc(C2OC=CO2)c1. The van der Waals surface area contributed by atoms with Gasteiger partial charge in [-0.3, -0.25) is 4.90 Å². The molecule has 1 unspecified atom stereocenters. The largest absolute Gasteiger partial charge is 0.454 e. The Morgan fingerprint density at radius 3 is 2.70 bits per heavy atom. The van der Waals surface area contributed by atoms with Crippen LogP contribution in [0.2, 0.25) is 0 Å². The van der Waals surface area contributed by atoms with E-state index in [4.69, 9.17) is 14.2 Å². The lowest BCUT2D eigenvalue weighted by atomic mass is 9.89. The van der Waals surface area contributed by atoms with Crippen LogP contribution >= 0.6 is 11.3 Å². The van der Waals surface area contributed by atoms with E-state index in [1.165, 1.54) is 5.56 Å². The van der Waals surface area contributed by atoms with Crippen LogP contribution in [0, 0.1) is 0 Å². The van der Waals surface area contributed by atoms with Gasteiger partial charge < -0.3 is 14.2 Å². The van der Waals surface area contributed by atoms with E-state index in [2.05, 4.69) is 23.6 Å². The van der Waals surface area contributed by atoms with E-state index in [9.17, 15) is 4.79 Å². The summed E-state index contributed by atoms with van der Waals surface area (Å²) < 4.78 is 16.6. The number of thiophene rings is 1. The number of carbonyl (C=O) groups excluding carboxylic acids is 1. The molecule has 27 heavy (non-hydrogen) atoms. The first-order valence-corrected chi connectivity index (χ1v) is 9.92. The third-order valence-electron chi connectivity index (χ3n) is 4.56. The number of amides is 1. The summed E-state index contributed by atoms with van der Waals surface area (Å²) in [5.41, 5.74) is 2.93. The van der Waals surface area contributed by atoms with Gasteiger partial charge in [0.2, 0.25) is 0 Å². The van der Waals surface area contributed by atoms with Crippen LogP contribution < -0.4 is 0 Å². The highest BCUT2D eigenvalue weighted by atomic mass is 32.1. The molecule has 0 bridgehead atoms. The zero-order valence-electron chi connectivity index (χ0n) is 15.7. The molecule has 6 heteroatoms. The van der Waals surface area contributed by atoms with Crippen molar-refractivity contribution in [1.82, 2.24) is 4.90 Å². The molecule has 1 atom stereocenters. The van der Waals surface area contributed by atoms with E-state index in [0.717, 1.165) is 22.4 Å². The van der Waals surface area contributed by atoms with Gasteiger partial charge in [0.15, 0.2) is 0 Å². The second-order valence-electron chi connectivity index (χ2n) is 7.68. The van der Waals surface area contributed by atoms with Crippen LogP contribution in [-0.2, 0) is 20.6 Å². The third kappa shape index (κ3) is 3.67. The van der Waals surface area contributed by atoms with Crippen molar-refractivity contribution in [1.29, 1.82) is 0 Å². The molecule has 142 valence electrons. The summed E-state index contributed by atoms with van der Waals surface area (Å²) in [6, 6.07) is 10.2. The van der Waals surface area contributed by atoms with E-state index in [1.807, 2.05) is 37.8 Å². The van der Waals surface area contributed by atoms with Gasteiger partial charge in [0.1, 0.15) is 18.1 Å². The van der Waals surface area contributed by atoms with Crippen LogP contribution in [0.5, 0.6) is 0 Å². The normalized spacial score (nSPS) is 19.4. The van der Waals surface area contributed by atoms with Crippen molar-refractivity contribution in [3.05, 3.63) is 69.8 Å². The molecule has 0 radical (unpaired) electrons. The van der Waals surface area contributed by atoms with Gasteiger partial charge in [-0.1, -0.05) is 24.3 Å². The van der Waals surface area contributed by atoms with Crippen molar-refractivity contribution in [2.75, 3.05) is 6.54 Å². The monoisotopic (exact) mass is 385 g/mol. The average Bonchev–Trinajstić information content (AvgIpc) is 3.30. The molecule has 1 aromatic heterocycles. The smallest absolute Gasteiger partial charge is 0.411 e. The summed E-state index contributed by atoms with van der Waals surface area (Å²) in [5, 5.41) is 2.07. The van der Waals surface area contributed by atoms with E-state index < -0.39 is 11.9 Å². The zero-order valence-corrected chi connectivity index (χ0v) is 16.5. The Bertz CT molecular complexity index is 859. The van der Waals surface area contributed by atoms with E-state index >= 15 is 0 Å². The molecule has 0 saturated carbocycles. The molecule has 0 N–H and O–H groups in total. The van der Waals surface area contributed by atoms with Gasteiger partial charge in [0.25, 0.3) is 6.29 Å². The zero-order chi connectivity index (χ0) is 19.0. The Morgan fingerprint density at radius 1 is 1.22 bits per heavy atom. The van der Waals surface area contributed by atoms with Crippen LogP contribution in [-0.4, -0.2) is 23.1 Å². The van der Waals surface area contributed by atoms with Crippen LogP contribution in [0.4, 0.5) is 4.79 Å². The van der Waals surface area contributed by atoms with Crippen molar-refractivity contribution < 1.29 is 19.0 Å². The summed E-state index contributed by atoms with van der Waals surface area (Å²) in [6.07, 6.45) is 3.23. The maximum atomic E-state index is 12.9. The summed E-state index contributed by atoms with van der Waals surface area (Å²) in [4.78, 5) is 15.7. The summed E-state index contributed by atoms with van der Waals surface area (Å²) in [5.74, 6) is 0. The molecule has 0 aliphatic carbocycles. The average molecular weight is 385 g/mol. The first-order chi connectivity index (χ1) is 12.9. The van der Waals surface area contributed by atoms with Crippen LogP contribution in [0.1, 0.15) is 54.7 Å². The Labute approximate surface area is 163 Å². The topological polar surface area (TPSA) is 48.0 Å². The van der Waals surface area contributed by atoms with Gasteiger partial charge >= 0.3 is 6.09 Å². The lowest BCUT2D eigenvalue weighted by Gasteiger charge is -2.38. The van der Waals surface area contributed by atoms with E-state index in [0.29, 0.717) is 6.54 Å². The first-order valence-electron chi connectivity index (χ1n) is 9.04. The van der Waals surface area contributed by atoms with Gasteiger partial charge in [-0.25, -0.2) is 4.79 Å². The van der Waals surface area contributed by atoms with Gasteiger partial charge in [0, 0.05) is 6.54 Å². The van der Waals surface area contributed by atoms with Crippen LogP contribution in [0.3, 0.4) is 0 Å². The molecule has 1 amide bonds. The fourth-order valence-electron chi connectivity index (χ4n) is 3.45. The van der Waals surface area contributed by atoms with Gasteiger partial charge in [-0.2, -0.15) is 0 Å². The summed E-state index contributed by atoms with van der Waals surface area (Å²) in [7, 11) is 0. The fraction of sp³-hybridized carbons (Fsp3) is 0.381. The number of rotatable bonds is 2. The van der Waals surface area contributed by atoms with Crippen molar-refractivity contribution >= 4 is 17.4 Å². The standard InChI is InChI=1S/C21H23NO4S/c1-21(2,3)26-20(23)22-9-8-14-6-4-5-7-16(14)18(22)15-12-17(27-13-15)19-24-10-11-25-19/h4-7,10-13,18-19H,8-9H2,1-3H3. The summed E-state index contributed by atoms with van der Waals surface area (Å²) >= 11 is 1.57. The van der Waals surface area contributed by atoms with Crippen molar-refractivity contribution in [3.63, 3.8) is 0 Å². The Kier molecular flexibility index (Phi) is 4.60. The molecule has 1 aromatic carbocycles. The van der Waals surface area contributed by atoms with Crippen molar-refractivity contribution in [3.8, 4) is 0 Å². The number of hydrogen-bond donors (Lipinski definition) is 0. The Hall–Kier alpha value is -2.47. The molecule has 0 spiro atoms. The predicted molar refractivity (Wildman–Crippen MR) is 103 cm³/mol. The molecule has 2 aliphatic rings. The van der Waals surface area contributed by atoms with Gasteiger partial charge in [-0.15, -0.1) is 11.3 Å².